The Morgan fingerprint density at radius 2 is 1.21 bits per heavy atom. The van der Waals surface area contributed by atoms with Crippen LogP contribution in [0.5, 0.6) is 0 Å². The van der Waals surface area contributed by atoms with E-state index in [2.05, 4.69) is 0 Å². The molecule has 1 fully saturated rings. The van der Waals surface area contributed by atoms with Gasteiger partial charge in [0.2, 0.25) is 0 Å². The summed E-state index contributed by atoms with van der Waals surface area (Å²) in [5.41, 5.74) is 1.27. The van der Waals surface area contributed by atoms with Gasteiger partial charge in [0.25, 0.3) is 0 Å². The molecule has 0 bridgehead atoms. The first-order valence-corrected chi connectivity index (χ1v) is 8.07. The third-order valence-corrected chi connectivity index (χ3v) is 4.54. The number of allylic oxidation sites excluding steroid dienone is 2. The Labute approximate surface area is 148 Å². The number of Topliss-reactive ketones (excluding diaryl/α,β-unsaturated/α-hetero) is 1. The van der Waals surface area contributed by atoms with E-state index in [1.165, 1.54) is 36.4 Å². The first kappa shape index (κ1) is 16.9. The number of hydrogen-bond acceptors (Lipinski definition) is 1. The van der Waals surface area contributed by atoms with Crippen molar-refractivity contribution in [3.8, 4) is 0 Å². The van der Waals surface area contributed by atoms with Crippen LogP contribution in [0.3, 0.4) is 0 Å². The van der Waals surface area contributed by atoms with Crippen molar-refractivity contribution in [1.82, 2.24) is 0 Å². The molecule has 0 atom stereocenters. The van der Waals surface area contributed by atoms with Crippen LogP contribution >= 0.6 is 23.2 Å². The van der Waals surface area contributed by atoms with Crippen LogP contribution in [0.15, 0.2) is 47.5 Å². The molecule has 0 aliphatic heterocycles. The number of benzene rings is 2. The van der Waals surface area contributed by atoms with Gasteiger partial charge in [-0.2, -0.15) is 0 Å². The first-order valence-electron chi connectivity index (χ1n) is 7.31. The van der Waals surface area contributed by atoms with Gasteiger partial charge in [-0.1, -0.05) is 35.3 Å². The summed E-state index contributed by atoms with van der Waals surface area (Å²) in [5, 5.41) is 0.481. The minimum absolute atomic E-state index is 0.188. The zero-order chi connectivity index (χ0) is 17.3. The number of rotatable bonds is 2. The van der Waals surface area contributed by atoms with Crippen molar-refractivity contribution in [1.29, 1.82) is 0 Å². The van der Waals surface area contributed by atoms with Gasteiger partial charge in [-0.05, 0) is 49.3 Å². The van der Waals surface area contributed by atoms with Gasteiger partial charge in [0.1, 0.15) is 11.6 Å². The fourth-order valence-corrected chi connectivity index (χ4v) is 3.06. The predicted molar refractivity (Wildman–Crippen MR) is 93.0 cm³/mol. The molecule has 0 saturated heterocycles. The average Bonchev–Trinajstić information content (AvgIpc) is 2.87. The third-order valence-electron chi connectivity index (χ3n) is 3.88. The second-order valence-corrected chi connectivity index (χ2v) is 6.25. The third kappa shape index (κ3) is 3.28. The molecular formula is C19H12Cl2F2O. The van der Waals surface area contributed by atoms with Crippen molar-refractivity contribution >= 4 is 41.1 Å². The number of carbonyl (C=O) groups is 1. The van der Waals surface area contributed by atoms with Crippen LogP contribution in [0.4, 0.5) is 8.78 Å². The topological polar surface area (TPSA) is 17.1 Å². The summed E-state index contributed by atoms with van der Waals surface area (Å²) >= 11 is 12.0. The minimum Gasteiger partial charge on any atom is -0.289 e. The van der Waals surface area contributed by atoms with E-state index in [-0.39, 0.29) is 27.0 Å². The Morgan fingerprint density at radius 3 is 1.58 bits per heavy atom. The maximum absolute atomic E-state index is 13.9. The first-order chi connectivity index (χ1) is 11.5. The van der Waals surface area contributed by atoms with Gasteiger partial charge in [-0.25, -0.2) is 8.78 Å². The minimum atomic E-state index is -0.489. The van der Waals surface area contributed by atoms with Crippen molar-refractivity contribution in [2.45, 2.75) is 12.8 Å². The van der Waals surface area contributed by atoms with Crippen molar-refractivity contribution in [3.63, 3.8) is 0 Å². The fourth-order valence-electron chi connectivity index (χ4n) is 2.62. The number of halogens is 4. The molecule has 0 spiro atoms. The summed E-state index contributed by atoms with van der Waals surface area (Å²) in [4.78, 5) is 12.5. The molecule has 0 N–H and O–H groups in total. The van der Waals surface area contributed by atoms with Gasteiger partial charge in [0.05, 0.1) is 10.0 Å². The van der Waals surface area contributed by atoms with E-state index in [9.17, 15) is 13.6 Å². The van der Waals surface area contributed by atoms with Crippen LogP contribution in [0, 0.1) is 11.6 Å². The molecule has 0 unspecified atom stereocenters. The van der Waals surface area contributed by atoms with Gasteiger partial charge in [0, 0.05) is 22.3 Å². The Balaban J connectivity index is 1.96. The lowest BCUT2D eigenvalue weighted by atomic mass is 10.1. The molecule has 1 nitrogen and oxygen atoms in total. The zero-order valence-electron chi connectivity index (χ0n) is 12.5. The van der Waals surface area contributed by atoms with E-state index in [0.717, 1.165) is 0 Å². The molecule has 0 heterocycles. The second-order valence-electron chi connectivity index (χ2n) is 5.44. The molecule has 5 heteroatoms. The van der Waals surface area contributed by atoms with E-state index in [1.54, 1.807) is 12.1 Å². The lowest BCUT2D eigenvalue weighted by molar-refractivity contribution is -0.111. The summed E-state index contributed by atoms with van der Waals surface area (Å²) in [6.45, 7) is 0. The maximum Gasteiger partial charge on any atom is 0.185 e. The number of hydrogen-bond donors (Lipinski definition) is 0. The molecule has 0 amide bonds. The van der Waals surface area contributed by atoms with Crippen LogP contribution in [-0.2, 0) is 4.79 Å². The molecule has 3 rings (SSSR count). The highest BCUT2D eigenvalue weighted by Gasteiger charge is 2.24. The standard InChI is InChI=1S/C19H12Cl2F2O/c20-15-3-1-5-17(22)13(15)9-11-7-8-12(19(11)24)10-14-16(21)4-2-6-18(14)23/h1-6,9-10H,7-8H2/b11-9+,12-10+. The Kier molecular flexibility index (Phi) is 4.83. The van der Waals surface area contributed by atoms with Gasteiger partial charge in [-0.3, -0.25) is 4.79 Å². The molecule has 0 radical (unpaired) electrons. The monoisotopic (exact) mass is 364 g/mol. The van der Waals surface area contributed by atoms with E-state index in [1.807, 2.05) is 0 Å². The largest absolute Gasteiger partial charge is 0.289 e. The van der Waals surface area contributed by atoms with Gasteiger partial charge < -0.3 is 0 Å². The van der Waals surface area contributed by atoms with Crippen molar-refractivity contribution < 1.29 is 13.6 Å². The van der Waals surface area contributed by atoms with Crippen LogP contribution in [0.2, 0.25) is 10.0 Å². The Bertz CT molecular complexity index is 773. The second kappa shape index (κ2) is 6.88. The van der Waals surface area contributed by atoms with E-state index >= 15 is 0 Å². The summed E-state index contributed by atoms with van der Waals surface area (Å²) in [7, 11) is 0. The van der Waals surface area contributed by atoms with Crippen LogP contribution in [-0.4, -0.2) is 5.78 Å². The van der Waals surface area contributed by atoms with Gasteiger partial charge >= 0.3 is 0 Å². The SMILES string of the molecule is O=C1/C(=C/c2c(F)cccc2Cl)CC/C1=C\c1c(F)cccc1Cl. The lowest BCUT2D eigenvalue weighted by Gasteiger charge is -2.03. The zero-order valence-corrected chi connectivity index (χ0v) is 14.0. The maximum atomic E-state index is 13.9. The lowest BCUT2D eigenvalue weighted by Crippen LogP contribution is -1.97. The summed E-state index contributed by atoms with van der Waals surface area (Å²) in [6.07, 6.45) is 3.82. The highest BCUT2D eigenvalue weighted by Crippen LogP contribution is 2.33. The highest BCUT2D eigenvalue weighted by molar-refractivity contribution is 6.33. The number of carbonyl (C=O) groups excluding carboxylic acids is 1. The Hall–Kier alpha value is -1.97. The quantitative estimate of drug-likeness (QED) is 0.588. The average molecular weight is 365 g/mol. The summed E-state index contributed by atoms with van der Waals surface area (Å²) in [6, 6.07) is 8.70. The summed E-state index contributed by atoms with van der Waals surface area (Å²) < 4.78 is 27.7. The molecule has 2 aromatic carbocycles. The van der Waals surface area contributed by atoms with Crippen LogP contribution in [0.25, 0.3) is 12.2 Å². The van der Waals surface area contributed by atoms with E-state index in [4.69, 9.17) is 23.2 Å². The number of ketones is 1. The van der Waals surface area contributed by atoms with Crippen molar-refractivity contribution in [3.05, 3.63) is 80.4 Å². The molecular weight excluding hydrogens is 353 g/mol. The van der Waals surface area contributed by atoms with Crippen molar-refractivity contribution in [2.24, 2.45) is 0 Å². The molecule has 1 aliphatic rings. The smallest absolute Gasteiger partial charge is 0.185 e. The van der Waals surface area contributed by atoms with Gasteiger partial charge in [0.15, 0.2) is 5.78 Å². The van der Waals surface area contributed by atoms with E-state index in [0.29, 0.717) is 24.0 Å². The van der Waals surface area contributed by atoms with E-state index < -0.39 is 11.6 Å². The molecule has 24 heavy (non-hydrogen) atoms. The van der Waals surface area contributed by atoms with Crippen molar-refractivity contribution in [2.75, 3.05) is 0 Å². The molecule has 1 saturated carbocycles. The van der Waals surface area contributed by atoms with Gasteiger partial charge in [-0.15, -0.1) is 0 Å². The molecule has 2 aromatic rings. The molecule has 122 valence electrons. The normalized spacial score (nSPS) is 17.9. The summed E-state index contributed by atoms with van der Waals surface area (Å²) in [5.74, 6) is -1.22. The molecule has 1 aliphatic carbocycles. The fraction of sp³-hybridized carbons (Fsp3) is 0.105. The molecule has 0 aromatic heterocycles. The Morgan fingerprint density at radius 1 is 0.792 bits per heavy atom. The van der Waals surface area contributed by atoms with Crippen LogP contribution < -0.4 is 0 Å². The highest BCUT2D eigenvalue weighted by atomic mass is 35.5. The predicted octanol–water partition coefficient (Wildman–Crippen LogP) is 6.10. The van der Waals surface area contributed by atoms with Crippen LogP contribution in [0.1, 0.15) is 24.0 Å².